The van der Waals surface area contributed by atoms with Crippen LogP contribution in [-0.2, 0) is 16.1 Å². The van der Waals surface area contributed by atoms with E-state index in [4.69, 9.17) is 19.2 Å². The van der Waals surface area contributed by atoms with Crippen molar-refractivity contribution in [3.8, 4) is 5.75 Å². The number of nitro benzene ring substituents is 1. The molecule has 3 heterocycles. The van der Waals surface area contributed by atoms with Gasteiger partial charge in [-0.05, 0) is 35.9 Å². The molecule has 0 atom stereocenters. The van der Waals surface area contributed by atoms with Crippen LogP contribution in [0.25, 0.3) is 10.9 Å². The fourth-order valence-corrected chi connectivity index (χ4v) is 4.14. The molecule has 0 aliphatic carbocycles. The molecule has 1 spiro atoms. The van der Waals surface area contributed by atoms with E-state index in [-0.39, 0.29) is 5.69 Å². The Balaban J connectivity index is 1.32. The third kappa shape index (κ3) is 4.04. The maximum atomic E-state index is 10.8. The molecule has 2 aliphatic heterocycles. The van der Waals surface area contributed by atoms with Crippen LogP contribution in [0.5, 0.6) is 5.75 Å². The quantitative estimate of drug-likeness (QED) is 0.453. The average molecular weight is 421 g/mol. The molecule has 2 saturated heterocycles. The monoisotopic (exact) mass is 421 g/mol. The van der Waals surface area contributed by atoms with Crippen molar-refractivity contribution in [1.29, 1.82) is 0 Å². The normalized spacial score (nSPS) is 17.9. The molecular weight excluding hydrogens is 398 g/mol. The van der Waals surface area contributed by atoms with Crippen LogP contribution in [0.1, 0.15) is 18.4 Å². The molecule has 8 heteroatoms. The molecule has 0 amide bonds. The van der Waals surface area contributed by atoms with Gasteiger partial charge in [0.2, 0.25) is 0 Å². The van der Waals surface area contributed by atoms with Crippen molar-refractivity contribution < 1.29 is 19.1 Å². The molecule has 0 bridgehead atoms. The molecule has 5 rings (SSSR count). The largest absolute Gasteiger partial charge is 0.487 e. The first-order chi connectivity index (χ1) is 15.1. The summed E-state index contributed by atoms with van der Waals surface area (Å²) < 4.78 is 17.7. The summed E-state index contributed by atoms with van der Waals surface area (Å²) >= 11 is 0. The minimum atomic E-state index is -0.410. The number of pyridine rings is 1. The minimum absolute atomic E-state index is 0.0666. The Morgan fingerprint density at radius 2 is 1.77 bits per heavy atom. The number of non-ortho nitro benzene ring substituents is 1. The lowest BCUT2D eigenvalue weighted by Gasteiger charge is -2.38. The smallest absolute Gasteiger partial charge is 0.269 e. The molecule has 2 aliphatic rings. The number of hydrogen-bond donors (Lipinski definition) is 0. The predicted octanol–water partition coefficient (Wildman–Crippen LogP) is 4.07. The number of para-hydroxylation sites is 1. The molecule has 1 aromatic heterocycles. The minimum Gasteiger partial charge on any atom is -0.487 e. The van der Waals surface area contributed by atoms with Crippen molar-refractivity contribution in [3.63, 3.8) is 0 Å². The van der Waals surface area contributed by atoms with Crippen molar-refractivity contribution in [2.75, 3.05) is 31.2 Å². The van der Waals surface area contributed by atoms with E-state index in [1.54, 1.807) is 12.1 Å². The number of piperidine rings is 1. The van der Waals surface area contributed by atoms with E-state index >= 15 is 0 Å². The number of nitro groups is 1. The van der Waals surface area contributed by atoms with Crippen LogP contribution in [0.4, 0.5) is 11.5 Å². The van der Waals surface area contributed by atoms with Gasteiger partial charge in [-0.15, -0.1) is 0 Å². The number of benzene rings is 2. The topological polar surface area (TPSA) is 87.0 Å². The van der Waals surface area contributed by atoms with Gasteiger partial charge in [-0.2, -0.15) is 0 Å². The van der Waals surface area contributed by atoms with Gasteiger partial charge in [0.25, 0.3) is 5.69 Å². The van der Waals surface area contributed by atoms with E-state index in [0.717, 1.165) is 48.2 Å². The fourth-order valence-electron chi connectivity index (χ4n) is 4.14. The zero-order chi connectivity index (χ0) is 21.3. The Morgan fingerprint density at radius 1 is 1.03 bits per heavy atom. The molecule has 31 heavy (non-hydrogen) atoms. The SMILES string of the molecule is O=[N+]([O-])c1ccc(COc2cccc3ccc(N4CCC5(CC4)OCCO5)nc23)cc1. The van der Waals surface area contributed by atoms with Gasteiger partial charge < -0.3 is 19.1 Å². The van der Waals surface area contributed by atoms with Crippen molar-refractivity contribution in [1.82, 2.24) is 4.98 Å². The first kappa shape index (κ1) is 19.7. The molecule has 0 unspecified atom stereocenters. The number of nitrogens with zero attached hydrogens (tertiary/aromatic N) is 3. The molecule has 0 N–H and O–H groups in total. The van der Waals surface area contributed by atoms with Crippen molar-refractivity contribution >= 4 is 22.4 Å². The number of hydrogen-bond acceptors (Lipinski definition) is 7. The zero-order valence-electron chi connectivity index (χ0n) is 17.0. The van der Waals surface area contributed by atoms with E-state index in [2.05, 4.69) is 11.0 Å². The van der Waals surface area contributed by atoms with Gasteiger partial charge in [0.15, 0.2) is 5.79 Å². The predicted molar refractivity (Wildman–Crippen MR) is 115 cm³/mol. The van der Waals surface area contributed by atoms with Gasteiger partial charge in [0, 0.05) is 43.5 Å². The van der Waals surface area contributed by atoms with Gasteiger partial charge in [0.1, 0.15) is 23.7 Å². The first-order valence-corrected chi connectivity index (χ1v) is 10.4. The summed E-state index contributed by atoms with van der Waals surface area (Å²) in [6.45, 7) is 3.30. The van der Waals surface area contributed by atoms with Crippen molar-refractivity contribution in [3.05, 3.63) is 70.3 Å². The Bertz CT molecular complexity index is 1090. The number of fused-ring (bicyclic) bond motifs is 1. The summed E-state index contributed by atoms with van der Waals surface area (Å²) in [6.07, 6.45) is 1.65. The third-order valence-corrected chi connectivity index (χ3v) is 5.87. The summed E-state index contributed by atoms with van der Waals surface area (Å²) in [4.78, 5) is 17.6. The average Bonchev–Trinajstić information content (AvgIpc) is 3.26. The molecule has 2 aromatic carbocycles. The number of aromatic nitrogens is 1. The van der Waals surface area contributed by atoms with Crippen LogP contribution in [0, 0.1) is 10.1 Å². The summed E-state index contributed by atoms with van der Waals surface area (Å²) in [7, 11) is 0. The summed E-state index contributed by atoms with van der Waals surface area (Å²) in [5.74, 6) is 1.19. The van der Waals surface area contributed by atoms with Crippen LogP contribution in [0.3, 0.4) is 0 Å². The van der Waals surface area contributed by atoms with Crippen molar-refractivity contribution in [2.24, 2.45) is 0 Å². The standard InChI is InChI=1S/C23H23N3O5/c27-26(28)19-7-4-17(5-8-19)16-29-20-3-1-2-18-6-9-21(24-22(18)20)25-12-10-23(11-13-25)30-14-15-31-23/h1-9H,10-16H2. The van der Waals surface area contributed by atoms with Gasteiger partial charge in [-0.1, -0.05) is 12.1 Å². The van der Waals surface area contributed by atoms with Gasteiger partial charge in [-0.25, -0.2) is 4.98 Å². The highest BCUT2D eigenvalue weighted by Crippen LogP contribution is 2.34. The second-order valence-electron chi connectivity index (χ2n) is 7.80. The maximum absolute atomic E-state index is 10.8. The van der Waals surface area contributed by atoms with Crippen LogP contribution in [0.15, 0.2) is 54.6 Å². The highest BCUT2D eigenvalue weighted by molar-refractivity contribution is 5.86. The van der Waals surface area contributed by atoms with Crippen molar-refractivity contribution in [2.45, 2.75) is 25.2 Å². The molecule has 3 aromatic rings. The fraction of sp³-hybridized carbons (Fsp3) is 0.348. The lowest BCUT2D eigenvalue weighted by molar-refractivity contribution is -0.384. The van der Waals surface area contributed by atoms with Crippen LogP contribution < -0.4 is 9.64 Å². The van der Waals surface area contributed by atoms with E-state index in [0.29, 0.717) is 25.6 Å². The van der Waals surface area contributed by atoms with Gasteiger partial charge in [0.05, 0.1) is 18.1 Å². The first-order valence-electron chi connectivity index (χ1n) is 10.4. The zero-order valence-corrected chi connectivity index (χ0v) is 17.0. The molecule has 0 radical (unpaired) electrons. The molecule has 2 fully saturated rings. The molecule has 0 saturated carbocycles. The Hall–Kier alpha value is -3.23. The Morgan fingerprint density at radius 3 is 2.48 bits per heavy atom. The summed E-state index contributed by atoms with van der Waals surface area (Å²) in [6, 6.07) is 16.3. The van der Waals surface area contributed by atoms with Gasteiger partial charge >= 0.3 is 0 Å². The van der Waals surface area contributed by atoms with Crippen LogP contribution in [0.2, 0.25) is 0 Å². The van der Waals surface area contributed by atoms with E-state index in [1.807, 2.05) is 24.3 Å². The van der Waals surface area contributed by atoms with E-state index in [9.17, 15) is 10.1 Å². The number of rotatable bonds is 5. The highest BCUT2D eigenvalue weighted by atomic mass is 16.7. The molecular formula is C23H23N3O5. The maximum Gasteiger partial charge on any atom is 0.269 e. The molecule has 8 nitrogen and oxygen atoms in total. The van der Waals surface area contributed by atoms with Crippen LogP contribution >= 0.6 is 0 Å². The summed E-state index contributed by atoms with van der Waals surface area (Å²) in [5, 5.41) is 11.8. The Kier molecular flexibility index (Phi) is 5.17. The third-order valence-electron chi connectivity index (χ3n) is 5.87. The lowest BCUT2D eigenvalue weighted by atomic mass is 10.0. The second kappa shape index (κ2) is 8.13. The second-order valence-corrected chi connectivity index (χ2v) is 7.80. The number of anilines is 1. The van der Waals surface area contributed by atoms with Crippen LogP contribution in [-0.4, -0.2) is 42.0 Å². The highest BCUT2D eigenvalue weighted by Gasteiger charge is 2.40. The molecule has 160 valence electrons. The number of ether oxygens (including phenoxy) is 3. The Labute approximate surface area is 179 Å². The lowest BCUT2D eigenvalue weighted by Crippen LogP contribution is -2.45. The van der Waals surface area contributed by atoms with E-state index < -0.39 is 10.7 Å². The van der Waals surface area contributed by atoms with Gasteiger partial charge in [-0.3, -0.25) is 10.1 Å². The summed E-state index contributed by atoms with van der Waals surface area (Å²) in [5.41, 5.74) is 1.73. The van der Waals surface area contributed by atoms with E-state index in [1.165, 1.54) is 12.1 Å².